The van der Waals surface area contributed by atoms with Crippen LogP contribution in [0, 0.1) is 0 Å². The van der Waals surface area contributed by atoms with E-state index in [1.807, 2.05) is 62.4 Å². The molecule has 1 amide bonds. The number of para-hydroxylation sites is 2. The van der Waals surface area contributed by atoms with Gasteiger partial charge in [0.1, 0.15) is 11.8 Å². The predicted octanol–water partition coefficient (Wildman–Crippen LogP) is 6.15. The number of thioether (sulfide) groups is 1. The van der Waals surface area contributed by atoms with Crippen LogP contribution >= 0.6 is 23.4 Å². The van der Waals surface area contributed by atoms with Crippen molar-refractivity contribution in [1.29, 1.82) is 0 Å². The molecule has 3 aromatic rings. The van der Waals surface area contributed by atoms with Gasteiger partial charge >= 0.3 is 0 Å². The van der Waals surface area contributed by atoms with E-state index in [9.17, 15) is 4.79 Å². The number of ether oxygens (including phenoxy) is 1. The highest BCUT2D eigenvalue weighted by Gasteiger charge is 2.34. The molecule has 34 heavy (non-hydrogen) atoms. The van der Waals surface area contributed by atoms with Crippen LogP contribution in [0.4, 0.5) is 11.6 Å². The lowest BCUT2D eigenvalue weighted by atomic mass is 9.95. The Morgan fingerprint density at radius 1 is 1.21 bits per heavy atom. The molecule has 0 saturated heterocycles. The molecule has 2 aromatic carbocycles. The first-order chi connectivity index (χ1) is 16.5. The number of hydrogen-bond donors (Lipinski definition) is 2. The first-order valence-electron chi connectivity index (χ1n) is 11.4. The summed E-state index contributed by atoms with van der Waals surface area (Å²) in [4.78, 5) is 18.3. The SMILES string of the molecule is CCCCSc1nc2n(n1)C(c1ccc(Cl)cc1)C(C(=O)Nc1ccccc1OCC)=C(C)N2. The third kappa shape index (κ3) is 5.23. The fraction of sp³-hybridized carbons (Fsp3) is 0.320. The molecule has 0 bridgehead atoms. The molecule has 1 aliphatic heterocycles. The zero-order valence-corrected chi connectivity index (χ0v) is 21.0. The van der Waals surface area contributed by atoms with Crippen molar-refractivity contribution in [1.82, 2.24) is 14.8 Å². The maximum atomic E-state index is 13.7. The molecule has 1 aliphatic rings. The fourth-order valence-corrected chi connectivity index (χ4v) is 4.83. The minimum atomic E-state index is -0.458. The number of nitrogens with one attached hydrogen (secondary N) is 2. The molecule has 0 spiro atoms. The van der Waals surface area contributed by atoms with Crippen LogP contribution in [0.3, 0.4) is 0 Å². The highest BCUT2D eigenvalue weighted by Crippen LogP contribution is 2.37. The van der Waals surface area contributed by atoms with Crippen LogP contribution in [-0.2, 0) is 4.79 Å². The number of carbonyl (C=O) groups is 1. The number of amides is 1. The van der Waals surface area contributed by atoms with Crippen LogP contribution < -0.4 is 15.4 Å². The molecule has 9 heteroatoms. The Morgan fingerprint density at radius 2 is 1.97 bits per heavy atom. The van der Waals surface area contributed by atoms with Gasteiger partial charge in [0.05, 0.1) is 17.9 Å². The van der Waals surface area contributed by atoms with Gasteiger partial charge in [-0.15, -0.1) is 5.10 Å². The molecular weight excluding hydrogens is 470 g/mol. The van der Waals surface area contributed by atoms with Crippen molar-refractivity contribution in [2.24, 2.45) is 0 Å². The topological polar surface area (TPSA) is 81.1 Å². The van der Waals surface area contributed by atoms with Gasteiger partial charge in [-0.1, -0.05) is 61.0 Å². The van der Waals surface area contributed by atoms with E-state index in [0.29, 0.717) is 39.7 Å². The molecular formula is C25H28ClN5O2S. The van der Waals surface area contributed by atoms with Crippen LogP contribution in [-0.4, -0.2) is 33.0 Å². The van der Waals surface area contributed by atoms with Crippen molar-refractivity contribution in [3.05, 3.63) is 70.4 Å². The van der Waals surface area contributed by atoms with Gasteiger partial charge in [0.25, 0.3) is 5.91 Å². The molecule has 1 unspecified atom stereocenters. The molecule has 0 radical (unpaired) electrons. The summed E-state index contributed by atoms with van der Waals surface area (Å²) < 4.78 is 7.48. The normalized spacial score (nSPS) is 15.0. The molecule has 2 heterocycles. The molecule has 0 fully saturated rings. The number of allylic oxidation sites excluding steroid dienone is 1. The zero-order chi connectivity index (χ0) is 24.1. The van der Waals surface area contributed by atoms with Crippen molar-refractivity contribution in [2.75, 3.05) is 23.0 Å². The second kappa shape index (κ2) is 11.0. The Kier molecular flexibility index (Phi) is 7.80. The number of nitrogens with zero attached hydrogens (tertiary/aromatic N) is 3. The van der Waals surface area contributed by atoms with Crippen molar-refractivity contribution in [2.45, 2.75) is 44.8 Å². The van der Waals surface area contributed by atoms with Gasteiger partial charge in [0.15, 0.2) is 0 Å². The maximum Gasteiger partial charge on any atom is 0.255 e. The number of aromatic nitrogens is 3. The Bertz CT molecular complexity index is 1190. The van der Waals surface area contributed by atoms with E-state index in [-0.39, 0.29) is 5.91 Å². The lowest BCUT2D eigenvalue weighted by Gasteiger charge is -2.28. The first-order valence-corrected chi connectivity index (χ1v) is 12.7. The van der Waals surface area contributed by atoms with E-state index in [1.165, 1.54) is 0 Å². The van der Waals surface area contributed by atoms with E-state index < -0.39 is 6.04 Å². The van der Waals surface area contributed by atoms with E-state index >= 15 is 0 Å². The summed E-state index contributed by atoms with van der Waals surface area (Å²) >= 11 is 7.77. The quantitative estimate of drug-likeness (QED) is 0.272. The number of halogens is 1. The molecule has 7 nitrogen and oxygen atoms in total. The van der Waals surface area contributed by atoms with E-state index in [1.54, 1.807) is 16.4 Å². The lowest BCUT2D eigenvalue weighted by Crippen LogP contribution is -2.31. The minimum Gasteiger partial charge on any atom is -0.492 e. The average Bonchev–Trinajstić information content (AvgIpc) is 3.22. The van der Waals surface area contributed by atoms with Gasteiger partial charge in [-0.05, 0) is 50.1 Å². The second-order valence-electron chi connectivity index (χ2n) is 7.87. The standard InChI is InChI=1S/C25H28ClN5O2S/c1-4-6-15-34-25-29-24-27-16(3)21(22(31(24)30-25)17-11-13-18(26)14-12-17)23(32)28-19-9-7-8-10-20(19)33-5-2/h7-14,22H,4-6,15H2,1-3H3,(H,28,32)(H,27,29,30). The van der Waals surface area contributed by atoms with Crippen molar-refractivity contribution in [3.63, 3.8) is 0 Å². The third-order valence-corrected chi connectivity index (χ3v) is 6.60. The zero-order valence-electron chi connectivity index (χ0n) is 19.5. The Balaban J connectivity index is 1.72. The average molecular weight is 498 g/mol. The summed E-state index contributed by atoms with van der Waals surface area (Å²) in [7, 11) is 0. The highest BCUT2D eigenvalue weighted by atomic mass is 35.5. The van der Waals surface area contributed by atoms with Crippen LogP contribution in [0.2, 0.25) is 5.02 Å². The van der Waals surface area contributed by atoms with Crippen molar-refractivity contribution >= 4 is 40.9 Å². The third-order valence-electron chi connectivity index (χ3n) is 5.43. The van der Waals surface area contributed by atoms with Crippen LogP contribution in [0.1, 0.15) is 45.2 Å². The number of hydrogen-bond acceptors (Lipinski definition) is 6. The monoisotopic (exact) mass is 497 g/mol. The summed E-state index contributed by atoms with van der Waals surface area (Å²) in [5, 5.41) is 12.4. The van der Waals surface area contributed by atoms with Gasteiger partial charge in [-0.3, -0.25) is 4.79 Å². The Labute approximate surface area is 208 Å². The first kappa shape index (κ1) is 24.2. The molecule has 4 rings (SSSR count). The number of anilines is 2. The number of rotatable bonds is 9. The highest BCUT2D eigenvalue weighted by molar-refractivity contribution is 7.99. The molecule has 2 N–H and O–H groups in total. The summed E-state index contributed by atoms with van der Waals surface area (Å²) in [6.07, 6.45) is 2.20. The molecule has 0 aliphatic carbocycles. The van der Waals surface area contributed by atoms with Crippen LogP contribution in [0.15, 0.2) is 65.0 Å². The number of unbranched alkanes of at least 4 members (excludes halogenated alkanes) is 1. The smallest absolute Gasteiger partial charge is 0.255 e. The minimum absolute atomic E-state index is 0.238. The van der Waals surface area contributed by atoms with Gasteiger partial charge in [-0.2, -0.15) is 4.98 Å². The molecule has 1 atom stereocenters. The number of fused-ring (bicyclic) bond motifs is 1. The number of benzene rings is 2. The van der Waals surface area contributed by atoms with Crippen molar-refractivity contribution < 1.29 is 9.53 Å². The summed E-state index contributed by atoms with van der Waals surface area (Å²) in [5.74, 6) is 1.94. The predicted molar refractivity (Wildman–Crippen MR) is 138 cm³/mol. The van der Waals surface area contributed by atoms with Gasteiger partial charge in [0, 0.05) is 16.5 Å². The second-order valence-corrected chi connectivity index (χ2v) is 9.36. The Morgan fingerprint density at radius 3 is 2.71 bits per heavy atom. The molecule has 1 aromatic heterocycles. The largest absolute Gasteiger partial charge is 0.492 e. The fourth-order valence-electron chi connectivity index (χ4n) is 3.79. The maximum absolute atomic E-state index is 13.7. The summed E-state index contributed by atoms with van der Waals surface area (Å²) in [5.41, 5.74) is 2.78. The van der Waals surface area contributed by atoms with Gasteiger partial charge in [0.2, 0.25) is 11.1 Å². The molecule has 0 saturated carbocycles. The van der Waals surface area contributed by atoms with Crippen LogP contribution in [0.25, 0.3) is 0 Å². The summed E-state index contributed by atoms with van der Waals surface area (Å²) in [6.45, 7) is 6.46. The van der Waals surface area contributed by atoms with E-state index in [2.05, 4.69) is 22.5 Å². The number of carbonyl (C=O) groups excluding carboxylic acids is 1. The summed E-state index contributed by atoms with van der Waals surface area (Å²) in [6, 6.07) is 14.4. The van der Waals surface area contributed by atoms with E-state index in [0.717, 1.165) is 29.9 Å². The molecule has 178 valence electrons. The van der Waals surface area contributed by atoms with Crippen LogP contribution in [0.5, 0.6) is 5.75 Å². The van der Waals surface area contributed by atoms with E-state index in [4.69, 9.17) is 21.4 Å². The Hall–Kier alpha value is -2.97. The van der Waals surface area contributed by atoms with Gasteiger partial charge in [-0.25, -0.2) is 4.68 Å². The van der Waals surface area contributed by atoms with Crippen molar-refractivity contribution in [3.8, 4) is 5.75 Å². The lowest BCUT2D eigenvalue weighted by molar-refractivity contribution is -0.113. The van der Waals surface area contributed by atoms with Gasteiger partial charge < -0.3 is 15.4 Å².